The largest absolute Gasteiger partial charge is 0.326 e. The fourth-order valence-corrected chi connectivity index (χ4v) is 1.43. The number of halogens is 1. The molecule has 0 unspecified atom stereocenters. The maximum atomic E-state index is 5.59. The number of rotatable bonds is 2. The van der Waals surface area contributed by atoms with Crippen molar-refractivity contribution in [2.75, 3.05) is 6.54 Å². The molecule has 2 N–H and O–H groups in total. The minimum absolute atomic E-state index is 0.457. The molecule has 0 saturated heterocycles. The molecule has 0 saturated carbocycles. The summed E-state index contributed by atoms with van der Waals surface area (Å²) < 4.78 is 0.532. The van der Waals surface area contributed by atoms with Crippen LogP contribution in [0.15, 0.2) is 12.8 Å². The van der Waals surface area contributed by atoms with Crippen molar-refractivity contribution in [3.05, 3.63) is 22.1 Å². The fourth-order valence-electron chi connectivity index (χ4n) is 0.517. The number of aromatic nitrogens is 1. The standard InChI is InChI=1S/C6H7ClN2S/c1-4(2-8)5-3-9-6(7)10-5/h3H,1-2,8H2. The number of nitrogens with zero attached hydrogens (tertiary/aromatic N) is 1. The molecule has 0 aromatic carbocycles. The van der Waals surface area contributed by atoms with Crippen LogP contribution >= 0.6 is 22.9 Å². The molecule has 1 aromatic heterocycles. The lowest BCUT2D eigenvalue weighted by molar-refractivity contribution is 1.27. The van der Waals surface area contributed by atoms with Gasteiger partial charge in [-0.15, -0.1) is 11.3 Å². The molecule has 0 radical (unpaired) electrons. The summed E-state index contributed by atoms with van der Waals surface area (Å²) in [7, 11) is 0. The van der Waals surface area contributed by atoms with Gasteiger partial charge in [-0.3, -0.25) is 0 Å². The van der Waals surface area contributed by atoms with Crippen LogP contribution in [0, 0.1) is 0 Å². The molecule has 54 valence electrons. The normalized spacial score (nSPS) is 9.80. The quantitative estimate of drug-likeness (QED) is 0.742. The first kappa shape index (κ1) is 7.72. The third-order valence-electron chi connectivity index (χ3n) is 1.07. The smallest absolute Gasteiger partial charge is 0.184 e. The Labute approximate surface area is 68.3 Å². The third-order valence-corrected chi connectivity index (χ3v) is 2.29. The summed E-state index contributed by atoms with van der Waals surface area (Å²) in [5.41, 5.74) is 6.23. The zero-order chi connectivity index (χ0) is 7.56. The highest BCUT2D eigenvalue weighted by Gasteiger charge is 2.00. The van der Waals surface area contributed by atoms with E-state index in [0.717, 1.165) is 10.5 Å². The summed E-state index contributed by atoms with van der Waals surface area (Å²) in [4.78, 5) is 4.82. The molecule has 1 rings (SSSR count). The number of thiazole rings is 1. The highest BCUT2D eigenvalue weighted by Crippen LogP contribution is 2.22. The van der Waals surface area contributed by atoms with Crippen LogP contribution in [-0.2, 0) is 0 Å². The van der Waals surface area contributed by atoms with E-state index >= 15 is 0 Å². The Bertz CT molecular complexity index is 244. The maximum absolute atomic E-state index is 5.59. The van der Waals surface area contributed by atoms with Crippen LogP contribution in [0.5, 0.6) is 0 Å². The van der Waals surface area contributed by atoms with Crippen molar-refractivity contribution in [3.63, 3.8) is 0 Å². The van der Waals surface area contributed by atoms with E-state index in [1.165, 1.54) is 11.3 Å². The van der Waals surface area contributed by atoms with Crippen molar-refractivity contribution < 1.29 is 0 Å². The van der Waals surface area contributed by atoms with Gasteiger partial charge in [0.2, 0.25) is 0 Å². The van der Waals surface area contributed by atoms with E-state index in [0.29, 0.717) is 11.0 Å². The van der Waals surface area contributed by atoms with Gasteiger partial charge < -0.3 is 5.73 Å². The van der Waals surface area contributed by atoms with E-state index in [9.17, 15) is 0 Å². The van der Waals surface area contributed by atoms with Crippen LogP contribution < -0.4 is 5.73 Å². The van der Waals surface area contributed by atoms with E-state index in [-0.39, 0.29) is 0 Å². The van der Waals surface area contributed by atoms with Crippen LogP contribution in [0.4, 0.5) is 0 Å². The summed E-state index contributed by atoms with van der Waals surface area (Å²) in [5, 5.41) is 0. The van der Waals surface area contributed by atoms with Crippen molar-refractivity contribution in [1.82, 2.24) is 4.98 Å². The highest BCUT2D eigenvalue weighted by atomic mass is 35.5. The van der Waals surface area contributed by atoms with Crippen LogP contribution in [0.2, 0.25) is 4.47 Å². The average molecular weight is 175 g/mol. The van der Waals surface area contributed by atoms with Crippen LogP contribution in [0.25, 0.3) is 5.57 Å². The number of hydrogen-bond donors (Lipinski definition) is 1. The van der Waals surface area contributed by atoms with Crippen molar-refractivity contribution in [1.29, 1.82) is 0 Å². The Hall–Kier alpha value is -0.380. The molecule has 0 bridgehead atoms. The molecule has 10 heavy (non-hydrogen) atoms. The van der Waals surface area contributed by atoms with Crippen molar-refractivity contribution in [2.45, 2.75) is 0 Å². The van der Waals surface area contributed by atoms with Gasteiger partial charge in [0, 0.05) is 12.7 Å². The summed E-state index contributed by atoms with van der Waals surface area (Å²) in [6.07, 6.45) is 1.68. The van der Waals surface area contributed by atoms with Crippen molar-refractivity contribution in [2.24, 2.45) is 5.73 Å². The topological polar surface area (TPSA) is 38.9 Å². The SMILES string of the molecule is C=C(CN)c1cnc(Cl)s1. The Kier molecular flexibility index (Phi) is 2.43. The summed E-state index contributed by atoms with van der Waals surface area (Å²) >= 11 is 6.98. The molecular formula is C6H7ClN2S. The van der Waals surface area contributed by atoms with Gasteiger partial charge in [0.25, 0.3) is 0 Å². The second kappa shape index (κ2) is 3.14. The van der Waals surface area contributed by atoms with Gasteiger partial charge in [-0.1, -0.05) is 18.2 Å². The zero-order valence-electron chi connectivity index (χ0n) is 5.30. The minimum atomic E-state index is 0.457. The second-order valence-corrected chi connectivity index (χ2v) is 3.40. The van der Waals surface area contributed by atoms with Gasteiger partial charge in [0.1, 0.15) is 0 Å². The molecular weight excluding hydrogens is 168 g/mol. The average Bonchev–Trinajstić information content (AvgIpc) is 2.34. The van der Waals surface area contributed by atoms with E-state index < -0.39 is 0 Å². The van der Waals surface area contributed by atoms with E-state index in [2.05, 4.69) is 11.6 Å². The molecule has 2 nitrogen and oxygen atoms in total. The van der Waals surface area contributed by atoms with Crippen molar-refractivity contribution in [3.8, 4) is 0 Å². The monoisotopic (exact) mass is 174 g/mol. The van der Waals surface area contributed by atoms with Gasteiger partial charge in [0.15, 0.2) is 4.47 Å². The molecule has 0 aliphatic rings. The van der Waals surface area contributed by atoms with Crippen LogP contribution in [0.3, 0.4) is 0 Å². The lowest BCUT2D eigenvalue weighted by Gasteiger charge is -1.92. The van der Waals surface area contributed by atoms with Gasteiger partial charge in [-0.25, -0.2) is 4.98 Å². The zero-order valence-corrected chi connectivity index (χ0v) is 6.87. The summed E-state index contributed by atoms with van der Waals surface area (Å²) in [6, 6.07) is 0. The van der Waals surface area contributed by atoms with E-state index in [1.807, 2.05) is 0 Å². The predicted molar refractivity (Wildman–Crippen MR) is 45.2 cm³/mol. The lowest BCUT2D eigenvalue weighted by atomic mass is 10.3. The van der Waals surface area contributed by atoms with Crippen LogP contribution in [-0.4, -0.2) is 11.5 Å². The molecule has 0 atom stereocenters. The lowest BCUT2D eigenvalue weighted by Crippen LogP contribution is -1.98. The Morgan fingerprint density at radius 1 is 1.90 bits per heavy atom. The number of hydrogen-bond acceptors (Lipinski definition) is 3. The van der Waals surface area contributed by atoms with E-state index in [4.69, 9.17) is 17.3 Å². The first-order valence-electron chi connectivity index (χ1n) is 2.73. The fraction of sp³-hybridized carbons (Fsp3) is 0.167. The minimum Gasteiger partial charge on any atom is -0.326 e. The van der Waals surface area contributed by atoms with Gasteiger partial charge in [0.05, 0.1) is 4.88 Å². The first-order valence-corrected chi connectivity index (χ1v) is 3.93. The Balaban J connectivity index is 2.85. The summed E-state index contributed by atoms with van der Waals surface area (Å²) in [6.45, 7) is 4.20. The molecule has 0 spiro atoms. The first-order chi connectivity index (χ1) is 4.74. The van der Waals surface area contributed by atoms with Gasteiger partial charge in [-0.05, 0) is 5.57 Å². The molecule has 4 heteroatoms. The Morgan fingerprint density at radius 2 is 2.60 bits per heavy atom. The van der Waals surface area contributed by atoms with Gasteiger partial charge >= 0.3 is 0 Å². The predicted octanol–water partition coefficient (Wildman–Crippen LogP) is 1.77. The summed E-state index contributed by atoms with van der Waals surface area (Å²) in [5.74, 6) is 0. The molecule has 0 fully saturated rings. The highest BCUT2D eigenvalue weighted by molar-refractivity contribution is 7.16. The molecule has 0 aliphatic heterocycles. The van der Waals surface area contributed by atoms with E-state index in [1.54, 1.807) is 6.20 Å². The molecule has 1 heterocycles. The second-order valence-electron chi connectivity index (χ2n) is 1.79. The maximum Gasteiger partial charge on any atom is 0.184 e. The molecule has 0 amide bonds. The third kappa shape index (κ3) is 1.56. The molecule has 1 aromatic rings. The van der Waals surface area contributed by atoms with Crippen LogP contribution in [0.1, 0.15) is 4.88 Å². The number of nitrogens with two attached hydrogens (primary N) is 1. The van der Waals surface area contributed by atoms with Crippen molar-refractivity contribution >= 4 is 28.5 Å². The Morgan fingerprint density at radius 3 is 3.00 bits per heavy atom. The molecule has 0 aliphatic carbocycles. The van der Waals surface area contributed by atoms with Gasteiger partial charge in [-0.2, -0.15) is 0 Å².